The Hall–Kier alpha value is -2.53. The first-order valence-electron chi connectivity index (χ1n) is 8.67. The summed E-state index contributed by atoms with van der Waals surface area (Å²) in [5.41, 5.74) is 4.57. The number of rotatable bonds is 7. The lowest BCUT2D eigenvalue weighted by Gasteiger charge is -2.07. The summed E-state index contributed by atoms with van der Waals surface area (Å²) >= 11 is 1.59. The fourth-order valence-electron chi connectivity index (χ4n) is 2.61. The van der Waals surface area contributed by atoms with Crippen molar-refractivity contribution >= 4 is 17.7 Å². The maximum Gasteiger partial charge on any atom is 0.230 e. The summed E-state index contributed by atoms with van der Waals surface area (Å²) in [5, 5.41) is 7.37. The first kappa shape index (κ1) is 18.3. The van der Waals surface area contributed by atoms with Crippen LogP contribution in [0, 0.1) is 13.8 Å². The van der Waals surface area contributed by atoms with Crippen LogP contribution in [0.4, 0.5) is 0 Å². The number of para-hydroxylation sites is 1. The van der Waals surface area contributed by atoms with E-state index in [9.17, 15) is 4.79 Å². The zero-order valence-corrected chi connectivity index (χ0v) is 15.9. The van der Waals surface area contributed by atoms with Gasteiger partial charge in [0.25, 0.3) is 0 Å². The van der Waals surface area contributed by atoms with Gasteiger partial charge in [-0.25, -0.2) is 4.68 Å². The van der Waals surface area contributed by atoms with Gasteiger partial charge in [0.15, 0.2) is 0 Å². The van der Waals surface area contributed by atoms with Crippen molar-refractivity contribution in [3.05, 3.63) is 77.6 Å². The van der Waals surface area contributed by atoms with Crippen molar-refractivity contribution < 1.29 is 4.79 Å². The van der Waals surface area contributed by atoms with Gasteiger partial charge in [0.2, 0.25) is 5.91 Å². The molecule has 0 radical (unpaired) electrons. The molecule has 3 aromatic rings. The molecule has 1 aromatic heterocycles. The molecule has 0 spiro atoms. The van der Waals surface area contributed by atoms with E-state index in [1.165, 1.54) is 16.0 Å². The van der Waals surface area contributed by atoms with E-state index < -0.39 is 0 Å². The molecule has 1 heterocycles. The molecular weight excluding hydrogens is 342 g/mol. The predicted octanol–water partition coefficient (Wildman–Crippen LogP) is 3.94. The fourth-order valence-corrected chi connectivity index (χ4v) is 3.57. The molecule has 1 N–H and O–H groups in total. The number of benzene rings is 2. The third-order valence-corrected chi connectivity index (χ3v) is 5.25. The second-order valence-electron chi connectivity index (χ2n) is 6.29. The number of hydrogen-bond donors (Lipinski definition) is 1. The second kappa shape index (κ2) is 8.72. The number of nitrogens with zero attached hydrogens (tertiary/aromatic N) is 2. The van der Waals surface area contributed by atoms with Crippen LogP contribution in [0.3, 0.4) is 0 Å². The number of aromatic nitrogens is 2. The van der Waals surface area contributed by atoms with Gasteiger partial charge in [0, 0.05) is 17.6 Å². The summed E-state index contributed by atoms with van der Waals surface area (Å²) in [6.07, 6.45) is 4.63. The maximum absolute atomic E-state index is 12.1. The Morgan fingerprint density at radius 3 is 2.77 bits per heavy atom. The van der Waals surface area contributed by atoms with E-state index in [0.29, 0.717) is 12.3 Å². The molecule has 0 unspecified atom stereocenters. The van der Waals surface area contributed by atoms with E-state index >= 15 is 0 Å². The summed E-state index contributed by atoms with van der Waals surface area (Å²) < 4.78 is 1.85. The lowest BCUT2D eigenvalue weighted by Crippen LogP contribution is -2.27. The van der Waals surface area contributed by atoms with Gasteiger partial charge in [0.1, 0.15) is 0 Å². The van der Waals surface area contributed by atoms with Crippen LogP contribution in [0.25, 0.3) is 5.69 Å². The molecule has 5 heteroatoms. The highest BCUT2D eigenvalue weighted by atomic mass is 32.2. The highest BCUT2D eigenvalue weighted by Crippen LogP contribution is 2.23. The average molecular weight is 366 g/mol. The van der Waals surface area contributed by atoms with Gasteiger partial charge >= 0.3 is 0 Å². The number of nitrogens with one attached hydrogen (secondary N) is 1. The maximum atomic E-state index is 12.1. The summed E-state index contributed by atoms with van der Waals surface area (Å²) in [7, 11) is 0. The van der Waals surface area contributed by atoms with Crippen molar-refractivity contribution in [3.8, 4) is 5.69 Å². The van der Waals surface area contributed by atoms with Gasteiger partial charge in [-0.15, -0.1) is 11.8 Å². The Morgan fingerprint density at radius 2 is 1.96 bits per heavy atom. The molecule has 0 atom stereocenters. The van der Waals surface area contributed by atoms with Crippen molar-refractivity contribution in [2.24, 2.45) is 0 Å². The normalized spacial score (nSPS) is 10.7. The Labute approximate surface area is 158 Å². The predicted molar refractivity (Wildman–Crippen MR) is 107 cm³/mol. The highest BCUT2D eigenvalue weighted by molar-refractivity contribution is 8.00. The topological polar surface area (TPSA) is 46.9 Å². The molecule has 0 saturated carbocycles. The van der Waals surface area contributed by atoms with Crippen molar-refractivity contribution in [3.63, 3.8) is 0 Å². The first-order valence-corrected chi connectivity index (χ1v) is 9.66. The van der Waals surface area contributed by atoms with Gasteiger partial charge in [0.05, 0.1) is 17.6 Å². The average Bonchev–Trinajstić information content (AvgIpc) is 3.12. The molecule has 0 aliphatic carbocycles. The standard InChI is InChI=1S/C21H23N3OS/c1-16-8-9-17(2)20(12-16)26-15-21(25)22-11-10-18-13-23-24(14-18)19-6-4-3-5-7-19/h3-9,12-14H,10-11,15H2,1-2H3,(H,22,25). The number of carbonyl (C=O) groups is 1. The highest BCUT2D eigenvalue weighted by Gasteiger charge is 2.06. The van der Waals surface area contributed by atoms with Crippen LogP contribution in [0.2, 0.25) is 0 Å². The minimum absolute atomic E-state index is 0.0614. The van der Waals surface area contributed by atoms with Crippen LogP contribution >= 0.6 is 11.8 Å². The Bertz CT molecular complexity index is 874. The van der Waals surface area contributed by atoms with E-state index in [1.807, 2.05) is 47.4 Å². The van der Waals surface area contributed by atoms with Gasteiger partial charge in [-0.1, -0.05) is 35.9 Å². The van der Waals surface area contributed by atoms with E-state index in [0.717, 1.165) is 17.7 Å². The van der Waals surface area contributed by atoms with E-state index in [2.05, 4.69) is 42.5 Å². The smallest absolute Gasteiger partial charge is 0.230 e. The van der Waals surface area contributed by atoms with Crippen molar-refractivity contribution in [1.29, 1.82) is 0 Å². The minimum Gasteiger partial charge on any atom is -0.355 e. The molecule has 134 valence electrons. The molecule has 4 nitrogen and oxygen atoms in total. The lowest BCUT2D eigenvalue weighted by atomic mass is 10.2. The molecule has 3 rings (SSSR count). The Morgan fingerprint density at radius 1 is 1.15 bits per heavy atom. The van der Waals surface area contributed by atoms with Gasteiger partial charge < -0.3 is 5.32 Å². The molecule has 2 aromatic carbocycles. The molecule has 0 aliphatic rings. The number of thioether (sulfide) groups is 1. The SMILES string of the molecule is Cc1ccc(C)c(SCC(=O)NCCc2cnn(-c3ccccc3)c2)c1. The molecule has 1 amide bonds. The van der Waals surface area contributed by atoms with Crippen molar-refractivity contribution in [2.45, 2.75) is 25.2 Å². The van der Waals surface area contributed by atoms with E-state index in [4.69, 9.17) is 0 Å². The zero-order chi connectivity index (χ0) is 18.4. The number of aryl methyl sites for hydroxylation is 2. The molecule has 0 fully saturated rings. The largest absolute Gasteiger partial charge is 0.355 e. The zero-order valence-electron chi connectivity index (χ0n) is 15.1. The van der Waals surface area contributed by atoms with Crippen LogP contribution in [-0.2, 0) is 11.2 Å². The summed E-state index contributed by atoms with van der Waals surface area (Å²) in [6, 6.07) is 16.3. The van der Waals surface area contributed by atoms with Gasteiger partial charge in [-0.2, -0.15) is 5.10 Å². The monoisotopic (exact) mass is 365 g/mol. The van der Waals surface area contributed by atoms with Crippen molar-refractivity contribution in [1.82, 2.24) is 15.1 Å². The third kappa shape index (κ3) is 4.99. The van der Waals surface area contributed by atoms with Crippen LogP contribution < -0.4 is 5.32 Å². The fraction of sp³-hybridized carbons (Fsp3) is 0.238. The Balaban J connectivity index is 1.44. The van der Waals surface area contributed by atoms with Crippen LogP contribution in [-0.4, -0.2) is 28.0 Å². The third-order valence-electron chi connectivity index (χ3n) is 4.10. The molecular formula is C21H23N3OS. The van der Waals surface area contributed by atoms with Gasteiger partial charge in [-0.3, -0.25) is 4.79 Å². The number of carbonyl (C=O) groups excluding carboxylic acids is 1. The molecule has 0 bridgehead atoms. The summed E-state index contributed by atoms with van der Waals surface area (Å²) in [5.74, 6) is 0.500. The van der Waals surface area contributed by atoms with Crippen LogP contribution in [0.15, 0.2) is 65.8 Å². The van der Waals surface area contributed by atoms with E-state index in [-0.39, 0.29) is 5.91 Å². The summed E-state index contributed by atoms with van der Waals surface area (Å²) in [4.78, 5) is 13.2. The van der Waals surface area contributed by atoms with Crippen LogP contribution in [0.5, 0.6) is 0 Å². The molecule has 0 saturated heterocycles. The van der Waals surface area contributed by atoms with Crippen molar-refractivity contribution in [2.75, 3.05) is 12.3 Å². The Kier molecular flexibility index (Phi) is 6.12. The second-order valence-corrected chi connectivity index (χ2v) is 7.30. The number of hydrogen-bond acceptors (Lipinski definition) is 3. The minimum atomic E-state index is 0.0614. The first-order chi connectivity index (χ1) is 12.6. The number of amides is 1. The van der Waals surface area contributed by atoms with E-state index in [1.54, 1.807) is 11.8 Å². The summed E-state index contributed by atoms with van der Waals surface area (Å²) in [6.45, 7) is 4.76. The van der Waals surface area contributed by atoms with Gasteiger partial charge in [-0.05, 0) is 49.6 Å². The quantitative estimate of drug-likeness (QED) is 0.645. The lowest BCUT2D eigenvalue weighted by molar-refractivity contribution is -0.118. The van der Waals surface area contributed by atoms with Crippen LogP contribution in [0.1, 0.15) is 16.7 Å². The molecule has 0 aliphatic heterocycles. The molecule has 26 heavy (non-hydrogen) atoms.